The zero-order valence-electron chi connectivity index (χ0n) is 16.2. The Balaban J connectivity index is 1.46. The van der Waals surface area contributed by atoms with Gasteiger partial charge in [-0.3, -0.25) is 19.4 Å². The minimum Gasteiger partial charge on any atom is -0.396 e. The van der Waals surface area contributed by atoms with Gasteiger partial charge in [0.25, 0.3) is 11.5 Å². The molecule has 2 saturated heterocycles. The number of aromatic nitrogens is 2. The van der Waals surface area contributed by atoms with Crippen LogP contribution in [-0.2, 0) is 4.79 Å². The summed E-state index contributed by atoms with van der Waals surface area (Å²) in [5.74, 6) is -0.741. The molecule has 30 heavy (non-hydrogen) atoms. The van der Waals surface area contributed by atoms with Crippen molar-refractivity contribution < 1.29 is 14.7 Å². The number of nitrogens with one attached hydrogen (secondary N) is 2. The Morgan fingerprint density at radius 3 is 2.50 bits per heavy atom. The number of nitrogens with zero attached hydrogens (tertiary/aromatic N) is 2. The molecule has 3 N–H and O–H groups in total. The number of hydrogen-bond donors (Lipinski definition) is 3. The number of H-pyrrole nitrogens is 2. The molecule has 0 saturated carbocycles. The Morgan fingerprint density at radius 2 is 1.83 bits per heavy atom. The standard InChI is InChI=1S/C21H22N4O5/c26-13-21-11-24(17(27)7-6-14-4-2-1-3-5-14)9-15(21)10-25(12-21)19(29)16-8-22-20(30)23-18(16)28/h1-8,15,26H,9-13H2,(H2,22,23,28,30)/t15-,21+/m1/s1. The molecular weight excluding hydrogens is 388 g/mol. The summed E-state index contributed by atoms with van der Waals surface area (Å²) in [6.07, 6.45) is 4.37. The van der Waals surface area contributed by atoms with E-state index >= 15 is 0 Å². The molecule has 1 aromatic heterocycles. The zero-order chi connectivity index (χ0) is 21.3. The van der Waals surface area contributed by atoms with Gasteiger partial charge in [-0.15, -0.1) is 0 Å². The van der Waals surface area contributed by atoms with Gasteiger partial charge in [0.1, 0.15) is 5.56 Å². The van der Waals surface area contributed by atoms with Gasteiger partial charge in [-0.05, 0) is 11.6 Å². The number of carbonyl (C=O) groups excluding carboxylic acids is 2. The minimum atomic E-state index is -0.748. The number of aliphatic hydroxyl groups is 1. The Morgan fingerprint density at radius 1 is 1.13 bits per heavy atom. The van der Waals surface area contributed by atoms with Crippen LogP contribution in [0.3, 0.4) is 0 Å². The van der Waals surface area contributed by atoms with Gasteiger partial charge < -0.3 is 19.9 Å². The Kier molecular flexibility index (Phi) is 5.13. The second-order valence-electron chi connectivity index (χ2n) is 7.85. The molecule has 2 aliphatic heterocycles. The third-order valence-corrected chi connectivity index (χ3v) is 5.94. The van der Waals surface area contributed by atoms with Crippen LogP contribution in [0.1, 0.15) is 15.9 Å². The van der Waals surface area contributed by atoms with Crippen molar-refractivity contribution >= 4 is 17.9 Å². The smallest absolute Gasteiger partial charge is 0.325 e. The number of aliphatic hydroxyl groups excluding tert-OH is 1. The van der Waals surface area contributed by atoms with E-state index in [-0.39, 0.29) is 30.5 Å². The monoisotopic (exact) mass is 410 g/mol. The lowest BCUT2D eigenvalue weighted by molar-refractivity contribution is -0.125. The quantitative estimate of drug-likeness (QED) is 0.595. The highest BCUT2D eigenvalue weighted by molar-refractivity contribution is 5.94. The lowest BCUT2D eigenvalue weighted by Gasteiger charge is -2.26. The number of likely N-dealkylation sites (tertiary alicyclic amines) is 2. The number of hydrogen-bond acceptors (Lipinski definition) is 5. The highest BCUT2D eigenvalue weighted by atomic mass is 16.3. The van der Waals surface area contributed by atoms with E-state index in [0.29, 0.717) is 19.6 Å². The van der Waals surface area contributed by atoms with Gasteiger partial charge in [-0.2, -0.15) is 0 Å². The summed E-state index contributed by atoms with van der Waals surface area (Å²) >= 11 is 0. The van der Waals surface area contributed by atoms with E-state index in [1.807, 2.05) is 35.3 Å². The second-order valence-corrected chi connectivity index (χ2v) is 7.85. The first-order valence-electron chi connectivity index (χ1n) is 9.66. The fourth-order valence-corrected chi connectivity index (χ4v) is 4.30. The molecule has 1 aromatic carbocycles. The number of fused-ring (bicyclic) bond motifs is 1. The Labute approximate surface area is 171 Å². The van der Waals surface area contributed by atoms with Crippen LogP contribution in [0.4, 0.5) is 0 Å². The molecule has 2 aromatic rings. The van der Waals surface area contributed by atoms with Gasteiger partial charge >= 0.3 is 5.69 Å². The Bertz CT molecular complexity index is 1110. The van der Waals surface area contributed by atoms with Crippen LogP contribution in [0.25, 0.3) is 6.08 Å². The van der Waals surface area contributed by atoms with Crippen molar-refractivity contribution in [1.82, 2.24) is 19.8 Å². The van der Waals surface area contributed by atoms with Crippen LogP contribution in [0.15, 0.2) is 52.2 Å². The van der Waals surface area contributed by atoms with Crippen molar-refractivity contribution in [2.45, 2.75) is 0 Å². The van der Waals surface area contributed by atoms with Crippen LogP contribution in [-0.4, -0.2) is 69.5 Å². The molecule has 0 spiro atoms. The van der Waals surface area contributed by atoms with Gasteiger partial charge in [0.05, 0.1) is 6.61 Å². The van der Waals surface area contributed by atoms with Crippen LogP contribution < -0.4 is 11.2 Å². The fourth-order valence-electron chi connectivity index (χ4n) is 4.30. The first kappa shape index (κ1) is 19.8. The maximum absolute atomic E-state index is 12.8. The lowest BCUT2D eigenvalue weighted by Crippen LogP contribution is -2.41. The topological polar surface area (TPSA) is 127 Å². The summed E-state index contributed by atoms with van der Waals surface area (Å²) in [6.45, 7) is 1.14. The fraction of sp³-hybridized carbons (Fsp3) is 0.333. The first-order valence-corrected chi connectivity index (χ1v) is 9.66. The van der Waals surface area contributed by atoms with E-state index in [1.165, 1.54) is 11.0 Å². The predicted octanol–water partition coefficient (Wildman–Crippen LogP) is -0.330. The van der Waals surface area contributed by atoms with Crippen molar-refractivity contribution in [3.8, 4) is 0 Å². The molecular formula is C21H22N4O5. The van der Waals surface area contributed by atoms with Gasteiger partial charge in [-0.1, -0.05) is 30.3 Å². The summed E-state index contributed by atoms with van der Waals surface area (Å²) in [5.41, 5.74) is -1.28. The molecule has 9 nitrogen and oxygen atoms in total. The molecule has 2 fully saturated rings. The number of carbonyl (C=O) groups is 2. The average Bonchev–Trinajstić information content (AvgIpc) is 3.27. The molecule has 0 unspecified atom stereocenters. The van der Waals surface area contributed by atoms with Gasteiger partial charge in [0.2, 0.25) is 5.91 Å². The van der Waals surface area contributed by atoms with Crippen LogP contribution in [0.2, 0.25) is 0 Å². The van der Waals surface area contributed by atoms with E-state index in [2.05, 4.69) is 4.98 Å². The molecule has 3 heterocycles. The minimum absolute atomic E-state index is 0.0950. The van der Waals surface area contributed by atoms with Crippen molar-refractivity contribution in [2.75, 3.05) is 32.8 Å². The van der Waals surface area contributed by atoms with Crippen molar-refractivity contribution in [2.24, 2.45) is 11.3 Å². The van der Waals surface area contributed by atoms with Gasteiger partial charge in [-0.25, -0.2) is 4.79 Å². The van der Waals surface area contributed by atoms with Gasteiger partial charge in [0.15, 0.2) is 0 Å². The third kappa shape index (κ3) is 3.59. The summed E-state index contributed by atoms with van der Waals surface area (Å²) < 4.78 is 0. The third-order valence-electron chi connectivity index (χ3n) is 5.94. The Hall–Kier alpha value is -3.46. The molecule has 156 valence electrons. The first-order chi connectivity index (χ1) is 14.4. The number of benzene rings is 1. The highest BCUT2D eigenvalue weighted by Crippen LogP contribution is 2.42. The van der Waals surface area contributed by atoms with E-state index in [9.17, 15) is 24.3 Å². The van der Waals surface area contributed by atoms with Crippen molar-refractivity contribution in [3.63, 3.8) is 0 Å². The van der Waals surface area contributed by atoms with Crippen LogP contribution >= 0.6 is 0 Å². The van der Waals surface area contributed by atoms with E-state index in [0.717, 1.165) is 11.8 Å². The molecule has 0 aliphatic carbocycles. The molecule has 2 aliphatic rings. The molecule has 0 radical (unpaired) electrons. The lowest BCUT2D eigenvalue weighted by atomic mass is 9.82. The predicted molar refractivity (Wildman–Crippen MR) is 109 cm³/mol. The van der Waals surface area contributed by atoms with Gasteiger partial charge in [0, 0.05) is 49.8 Å². The summed E-state index contributed by atoms with van der Waals surface area (Å²) in [5, 5.41) is 10.1. The SMILES string of the molecule is O=C(C=Cc1ccccc1)N1C[C@@H]2CN(C(=O)c3c[nH]c(=O)[nH]c3=O)C[C@]2(CO)C1. The van der Waals surface area contributed by atoms with Crippen LogP contribution in [0.5, 0.6) is 0 Å². The summed E-state index contributed by atoms with van der Waals surface area (Å²) in [4.78, 5) is 56.0. The van der Waals surface area contributed by atoms with E-state index in [1.54, 1.807) is 11.0 Å². The molecule has 9 heteroatoms. The molecule has 2 atom stereocenters. The maximum Gasteiger partial charge on any atom is 0.325 e. The largest absolute Gasteiger partial charge is 0.396 e. The molecule has 4 rings (SSSR count). The van der Waals surface area contributed by atoms with Crippen LogP contribution in [0, 0.1) is 11.3 Å². The van der Waals surface area contributed by atoms with E-state index < -0.39 is 22.6 Å². The van der Waals surface area contributed by atoms with Crippen molar-refractivity contribution in [3.05, 3.63) is 74.6 Å². The van der Waals surface area contributed by atoms with Crippen molar-refractivity contribution in [1.29, 1.82) is 0 Å². The maximum atomic E-state index is 12.8. The average molecular weight is 410 g/mol. The second kappa shape index (κ2) is 7.75. The zero-order valence-corrected chi connectivity index (χ0v) is 16.2. The molecule has 0 bridgehead atoms. The van der Waals surface area contributed by atoms with E-state index in [4.69, 9.17) is 0 Å². The molecule has 2 amide bonds. The number of amides is 2. The normalized spacial score (nSPS) is 23.2. The summed E-state index contributed by atoms with van der Waals surface area (Å²) in [7, 11) is 0. The summed E-state index contributed by atoms with van der Waals surface area (Å²) in [6, 6.07) is 9.49. The number of aromatic amines is 2. The highest BCUT2D eigenvalue weighted by Gasteiger charge is 2.54. The number of rotatable bonds is 4.